The van der Waals surface area contributed by atoms with Crippen LogP contribution in [0.15, 0.2) is 48.5 Å². The summed E-state index contributed by atoms with van der Waals surface area (Å²) in [6.45, 7) is 23.0. The van der Waals surface area contributed by atoms with Gasteiger partial charge in [-0.15, -0.1) is 0 Å². The predicted octanol–water partition coefficient (Wildman–Crippen LogP) is 5.20. The molecule has 2 rings (SSSR count). The molecule has 0 aliphatic heterocycles. The van der Waals surface area contributed by atoms with E-state index in [1.165, 1.54) is 57.7 Å². The third kappa shape index (κ3) is 25.4. The minimum absolute atomic E-state index is 0.346. The standard InChI is InChI=1S/C15H22O6S.C14H20O4.C6H15N.CH3ClO2S/c1-14(2,3)21-13(16)11-6-8-12(9-7-11)15(4,17)10-20-22(5,18)19;1-13(2,3)18-12(16)10-5-7-11(8-6-10)14(4,17)9-15;1-4-7(5-2)6-3;1-5(2,3)4/h6-9,17H,10H2,1-5H3;5-8,15,17H,9H2,1-4H3;4-6H2,1-3H3;1H3/t15-;14-;;/m11../s1. The number of carbonyl (C=O) groups is 2. The topological polar surface area (TPSA) is 194 Å². The van der Waals surface area contributed by atoms with Crippen molar-refractivity contribution in [3.05, 3.63) is 70.8 Å². The molecule has 0 aliphatic rings. The van der Waals surface area contributed by atoms with E-state index in [1.54, 1.807) is 65.8 Å². The minimum Gasteiger partial charge on any atom is -0.456 e. The van der Waals surface area contributed by atoms with Gasteiger partial charge < -0.3 is 29.7 Å². The zero-order valence-electron chi connectivity index (χ0n) is 32.8. The Morgan fingerprint density at radius 1 is 0.654 bits per heavy atom. The average Bonchev–Trinajstić information content (AvgIpc) is 2.99. The van der Waals surface area contributed by atoms with E-state index in [2.05, 4.69) is 40.5 Å². The second kappa shape index (κ2) is 21.9. The van der Waals surface area contributed by atoms with Gasteiger partial charge >= 0.3 is 11.9 Å². The van der Waals surface area contributed by atoms with Gasteiger partial charge in [-0.25, -0.2) is 18.0 Å². The van der Waals surface area contributed by atoms with Gasteiger partial charge in [0.25, 0.3) is 10.1 Å². The van der Waals surface area contributed by atoms with Gasteiger partial charge in [-0.05, 0) is 110 Å². The van der Waals surface area contributed by atoms with Gasteiger partial charge in [0.1, 0.15) is 22.4 Å². The van der Waals surface area contributed by atoms with E-state index >= 15 is 0 Å². The SMILES string of the molecule is CC(C)(C)OC(=O)c1ccc([C@](C)(O)CO)cc1.CC(C)(C)OC(=O)c1ccc([C@](C)(O)COS(C)(=O)=O)cc1.CCN(CC)CC.CS(=O)(=O)Cl. The molecule has 16 heteroatoms. The summed E-state index contributed by atoms with van der Waals surface area (Å²) in [5, 5.41) is 29.1. The van der Waals surface area contributed by atoms with E-state index in [1.807, 2.05) is 0 Å². The molecule has 0 saturated carbocycles. The minimum atomic E-state index is -3.64. The highest BCUT2D eigenvalue weighted by Gasteiger charge is 2.27. The molecule has 0 aromatic heterocycles. The van der Waals surface area contributed by atoms with Crippen LogP contribution in [0.3, 0.4) is 0 Å². The van der Waals surface area contributed by atoms with E-state index in [9.17, 15) is 36.6 Å². The van der Waals surface area contributed by atoms with Crippen LogP contribution in [0, 0.1) is 0 Å². The number of benzene rings is 2. The van der Waals surface area contributed by atoms with Crippen LogP contribution in [0.1, 0.15) is 108 Å². The van der Waals surface area contributed by atoms with Gasteiger partial charge in [-0.2, -0.15) is 8.42 Å². The molecule has 2 aromatic carbocycles. The number of aliphatic hydroxyl groups is 3. The van der Waals surface area contributed by atoms with E-state index in [-0.39, 0.29) is 6.61 Å². The van der Waals surface area contributed by atoms with E-state index in [0.717, 1.165) is 12.5 Å². The first-order valence-electron chi connectivity index (χ1n) is 16.5. The Hall–Kier alpha value is -2.63. The summed E-state index contributed by atoms with van der Waals surface area (Å²) in [7, 11) is -2.33. The summed E-state index contributed by atoms with van der Waals surface area (Å²) >= 11 is 0. The number of nitrogens with zero attached hydrogens (tertiary/aromatic N) is 1. The summed E-state index contributed by atoms with van der Waals surface area (Å²) < 4.78 is 55.9. The molecule has 3 N–H and O–H groups in total. The highest BCUT2D eigenvalue weighted by molar-refractivity contribution is 8.13. The molecular weight excluding hydrogens is 738 g/mol. The first kappa shape index (κ1) is 51.5. The first-order valence-corrected chi connectivity index (χ1v) is 21.0. The number of halogens is 1. The lowest BCUT2D eigenvalue weighted by molar-refractivity contribution is -0.00254. The predicted molar refractivity (Wildman–Crippen MR) is 204 cm³/mol. The number of hydrogen-bond acceptors (Lipinski definition) is 13. The van der Waals surface area contributed by atoms with Gasteiger partial charge in [0.05, 0.1) is 36.9 Å². The molecule has 0 unspecified atom stereocenters. The zero-order valence-corrected chi connectivity index (χ0v) is 35.2. The van der Waals surface area contributed by atoms with Crippen molar-refractivity contribution in [3.8, 4) is 0 Å². The lowest BCUT2D eigenvalue weighted by Crippen LogP contribution is -2.29. The summed E-state index contributed by atoms with van der Waals surface area (Å²) in [6, 6.07) is 12.5. The number of hydrogen-bond donors (Lipinski definition) is 3. The summed E-state index contributed by atoms with van der Waals surface area (Å²) in [5.74, 6) is -0.872. The van der Waals surface area contributed by atoms with Crippen molar-refractivity contribution in [3.63, 3.8) is 0 Å². The van der Waals surface area contributed by atoms with E-state index < -0.39 is 60.1 Å². The van der Waals surface area contributed by atoms with Crippen LogP contribution in [0.2, 0.25) is 0 Å². The smallest absolute Gasteiger partial charge is 0.338 e. The molecule has 2 aromatic rings. The molecule has 0 heterocycles. The summed E-state index contributed by atoms with van der Waals surface area (Å²) in [5.41, 5.74) is -2.17. The maximum atomic E-state index is 11.9. The number of ether oxygens (including phenoxy) is 2. The van der Waals surface area contributed by atoms with Gasteiger partial charge in [0, 0.05) is 10.7 Å². The lowest BCUT2D eigenvalue weighted by Gasteiger charge is -2.23. The van der Waals surface area contributed by atoms with Gasteiger partial charge in [0.15, 0.2) is 0 Å². The molecule has 13 nitrogen and oxygen atoms in total. The van der Waals surface area contributed by atoms with Gasteiger partial charge in [0.2, 0.25) is 9.05 Å². The van der Waals surface area contributed by atoms with Crippen LogP contribution in [0.5, 0.6) is 0 Å². The molecule has 0 radical (unpaired) electrons. The van der Waals surface area contributed by atoms with Gasteiger partial charge in [-0.1, -0.05) is 45.0 Å². The van der Waals surface area contributed by atoms with E-state index in [0.29, 0.717) is 22.3 Å². The van der Waals surface area contributed by atoms with Crippen LogP contribution in [-0.4, -0.2) is 106 Å². The molecule has 0 bridgehead atoms. The fourth-order valence-electron chi connectivity index (χ4n) is 3.67. The molecule has 2 atom stereocenters. The first-order chi connectivity index (χ1) is 23.3. The average molecular weight is 798 g/mol. The number of aliphatic hydroxyl groups excluding tert-OH is 1. The quantitative estimate of drug-likeness (QED) is 0.153. The molecule has 0 saturated heterocycles. The van der Waals surface area contributed by atoms with Crippen molar-refractivity contribution in [1.29, 1.82) is 0 Å². The van der Waals surface area contributed by atoms with Crippen LogP contribution in [0.25, 0.3) is 0 Å². The highest BCUT2D eigenvalue weighted by Crippen LogP contribution is 2.23. The molecular formula is C36H60ClNO12S2. The second-order valence-electron chi connectivity index (χ2n) is 14.1. The Morgan fingerprint density at radius 3 is 1.15 bits per heavy atom. The molecule has 0 amide bonds. The van der Waals surface area contributed by atoms with Crippen molar-refractivity contribution in [2.75, 3.05) is 45.4 Å². The summed E-state index contributed by atoms with van der Waals surface area (Å²) in [6.07, 6.45) is 1.84. The number of carbonyl (C=O) groups excluding carboxylic acids is 2. The van der Waals surface area contributed by atoms with Crippen molar-refractivity contribution in [2.24, 2.45) is 0 Å². The lowest BCUT2D eigenvalue weighted by atomic mass is 9.96. The van der Waals surface area contributed by atoms with Crippen LogP contribution < -0.4 is 0 Å². The molecule has 0 spiro atoms. The maximum Gasteiger partial charge on any atom is 0.338 e. The Labute approximate surface area is 315 Å². The monoisotopic (exact) mass is 797 g/mol. The normalized spacial score (nSPS) is 14.1. The van der Waals surface area contributed by atoms with Crippen LogP contribution in [0.4, 0.5) is 0 Å². The number of rotatable bonds is 11. The van der Waals surface area contributed by atoms with Gasteiger partial charge in [-0.3, -0.25) is 4.18 Å². The largest absolute Gasteiger partial charge is 0.456 e. The Morgan fingerprint density at radius 2 is 0.942 bits per heavy atom. The Kier molecular flexibility index (Phi) is 21.7. The third-order valence-electron chi connectivity index (χ3n) is 6.49. The van der Waals surface area contributed by atoms with Crippen molar-refractivity contribution < 1.29 is 55.4 Å². The summed E-state index contributed by atoms with van der Waals surface area (Å²) in [4.78, 5) is 26.0. The molecule has 0 aliphatic carbocycles. The number of esters is 2. The van der Waals surface area contributed by atoms with Crippen molar-refractivity contribution >= 4 is 41.8 Å². The van der Waals surface area contributed by atoms with Crippen LogP contribution in [-0.2, 0) is 44.0 Å². The fraction of sp³-hybridized carbons (Fsp3) is 0.611. The third-order valence-corrected chi connectivity index (χ3v) is 7.03. The second-order valence-corrected chi connectivity index (χ2v) is 18.8. The fourth-order valence-corrected chi connectivity index (χ4v) is 4.12. The Bertz CT molecular complexity index is 1560. The zero-order chi connectivity index (χ0) is 41.4. The van der Waals surface area contributed by atoms with Crippen LogP contribution >= 0.6 is 10.7 Å². The maximum absolute atomic E-state index is 11.9. The van der Waals surface area contributed by atoms with Crippen molar-refractivity contribution in [1.82, 2.24) is 4.90 Å². The highest BCUT2D eigenvalue weighted by atomic mass is 35.7. The molecule has 300 valence electrons. The molecule has 52 heavy (non-hydrogen) atoms. The molecule has 0 fully saturated rings. The Balaban J connectivity index is 0. The van der Waals surface area contributed by atoms with Crippen molar-refractivity contribution in [2.45, 2.75) is 98.6 Å². The van der Waals surface area contributed by atoms with E-state index in [4.69, 9.17) is 14.6 Å².